The van der Waals surface area contributed by atoms with Crippen LogP contribution in [0.15, 0.2) is 23.2 Å². The zero-order valence-electron chi connectivity index (χ0n) is 13.5. The fourth-order valence-electron chi connectivity index (χ4n) is 1.87. The van der Waals surface area contributed by atoms with E-state index < -0.39 is 11.2 Å². The predicted octanol–water partition coefficient (Wildman–Crippen LogP) is 6.34. The summed E-state index contributed by atoms with van der Waals surface area (Å²) in [6.45, 7) is 3.31. The summed E-state index contributed by atoms with van der Waals surface area (Å²) < 4.78 is 47.6. The molecule has 2 atom stereocenters. The molecule has 0 amide bonds. The molecule has 9 heteroatoms. The van der Waals surface area contributed by atoms with E-state index in [1.807, 2.05) is 0 Å². The van der Waals surface area contributed by atoms with Crippen molar-refractivity contribution >= 4 is 34.8 Å². The van der Waals surface area contributed by atoms with Crippen LogP contribution in [0.25, 0.3) is 0 Å². The molecule has 0 heterocycles. The van der Waals surface area contributed by atoms with Crippen LogP contribution >= 0.6 is 34.8 Å². The average molecular weight is 422 g/mol. The smallest absolute Gasteiger partial charge is 0.426 e. The molecule has 0 aliphatic carbocycles. The number of benzene rings is 1. The summed E-state index contributed by atoms with van der Waals surface area (Å²) in [5.74, 6) is 0.199. The SMILES string of the molecule is CC(CCC(C)Oc1c(Cl)cc(O)cc1Cl)OCC=C(Cl)C(F)(F)F. The van der Waals surface area contributed by atoms with Gasteiger partial charge in [0.2, 0.25) is 0 Å². The van der Waals surface area contributed by atoms with Crippen molar-refractivity contribution in [3.63, 3.8) is 0 Å². The Bertz CT molecular complexity index is 583. The van der Waals surface area contributed by atoms with E-state index in [0.717, 1.165) is 6.08 Å². The topological polar surface area (TPSA) is 38.7 Å². The average Bonchev–Trinajstić information content (AvgIpc) is 2.47. The van der Waals surface area contributed by atoms with Gasteiger partial charge in [0.05, 0.1) is 28.9 Å². The number of hydrogen-bond donors (Lipinski definition) is 1. The first kappa shape index (κ1) is 22.2. The lowest BCUT2D eigenvalue weighted by Crippen LogP contribution is -2.17. The van der Waals surface area contributed by atoms with Crippen molar-refractivity contribution in [3.05, 3.63) is 33.3 Å². The number of hydrogen-bond acceptors (Lipinski definition) is 3. The van der Waals surface area contributed by atoms with Gasteiger partial charge < -0.3 is 14.6 Å². The highest BCUT2D eigenvalue weighted by Gasteiger charge is 2.31. The lowest BCUT2D eigenvalue weighted by Gasteiger charge is -2.19. The maximum absolute atomic E-state index is 12.2. The Morgan fingerprint density at radius 2 is 1.68 bits per heavy atom. The monoisotopic (exact) mass is 420 g/mol. The summed E-state index contributed by atoms with van der Waals surface area (Å²) in [7, 11) is 0. The van der Waals surface area contributed by atoms with E-state index in [0.29, 0.717) is 12.8 Å². The third-order valence-electron chi connectivity index (χ3n) is 3.20. The van der Waals surface area contributed by atoms with Gasteiger partial charge in [-0.15, -0.1) is 0 Å². The zero-order valence-corrected chi connectivity index (χ0v) is 15.8. The highest BCUT2D eigenvalue weighted by atomic mass is 35.5. The fourth-order valence-corrected chi connectivity index (χ4v) is 2.50. The quantitative estimate of drug-likeness (QED) is 0.532. The van der Waals surface area contributed by atoms with Gasteiger partial charge in [0.1, 0.15) is 10.8 Å². The molecule has 0 saturated heterocycles. The second-order valence-electron chi connectivity index (χ2n) is 5.44. The first-order chi connectivity index (χ1) is 11.5. The normalized spacial score (nSPS) is 15.1. The van der Waals surface area contributed by atoms with E-state index in [4.69, 9.17) is 44.3 Å². The largest absolute Gasteiger partial charge is 0.508 e. The molecular formula is C16H18Cl3F3O3. The minimum atomic E-state index is -4.56. The third kappa shape index (κ3) is 7.94. The standard InChI is InChI=1S/C16H18Cl3F3O3/c1-9(24-6-5-14(19)16(20,21)22)3-4-10(2)25-15-12(17)7-11(23)8-13(15)18/h5,7-10,23H,3-4,6H2,1-2H3. The third-order valence-corrected chi connectivity index (χ3v) is 4.13. The van der Waals surface area contributed by atoms with Gasteiger partial charge >= 0.3 is 6.18 Å². The van der Waals surface area contributed by atoms with Gasteiger partial charge in [0, 0.05) is 12.1 Å². The number of alkyl halides is 3. The first-order valence-corrected chi connectivity index (χ1v) is 8.53. The molecule has 25 heavy (non-hydrogen) atoms. The van der Waals surface area contributed by atoms with E-state index >= 15 is 0 Å². The molecule has 1 aromatic carbocycles. The van der Waals surface area contributed by atoms with Crippen LogP contribution in [0.3, 0.4) is 0 Å². The van der Waals surface area contributed by atoms with Crippen LogP contribution in [0.4, 0.5) is 13.2 Å². The van der Waals surface area contributed by atoms with Gasteiger partial charge in [-0.05, 0) is 32.8 Å². The molecule has 0 aromatic heterocycles. The molecule has 0 bridgehead atoms. The van der Waals surface area contributed by atoms with E-state index in [1.54, 1.807) is 13.8 Å². The lowest BCUT2D eigenvalue weighted by atomic mass is 10.1. The van der Waals surface area contributed by atoms with E-state index in [1.165, 1.54) is 12.1 Å². The van der Waals surface area contributed by atoms with Gasteiger partial charge in [0.25, 0.3) is 0 Å². The Morgan fingerprint density at radius 3 is 2.20 bits per heavy atom. The zero-order chi connectivity index (χ0) is 19.2. The molecule has 1 N–H and O–H groups in total. The number of rotatable bonds is 8. The summed E-state index contributed by atoms with van der Waals surface area (Å²) in [4.78, 5) is 0. The molecule has 142 valence electrons. The molecule has 0 aliphatic rings. The Kier molecular flexibility index (Phi) is 8.68. The summed E-state index contributed by atoms with van der Waals surface area (Å²) in [5.41, 5.74) is 0. The number of phenolic OH excluding ortho intramolecular Hbond substituents is 1. The Balaban J connectivity index is 2.43. The lowest BCUT2D eigenvalue weighted by molar-refractivity contribution is -0.0852. The van der Waals surface area contributed by atoms with Gasteiger partial charge in [-0.1, -0.05) is 34.8 Å². The van der Waals surface area contributed by atoms with Gasteiger partial charge in [-0.25, -0.2) is 0 Å². The maximum Gasteiger partial charge on any atom is 0.426 e. The van der Waals surface area contributed by atoms with Crippen molar-refractivity contribution in [2.24, 2.45) is 0 Å². The van der Waals surface area contributed by atoms with Crippen molar-refractivity contribution in [1.29, 1.82) is 0 Å². The summed E-state index contributed by atoms with van der Waals surface area (Å²) in [6, 6.07) is 2.63. The Hall–Kier alpha value is -0.820. The van der Waals surface area contributed by atoms with E-state index in [2.05, 4.69) is 0 Å². The highest BCUT2D eigenvalue weighted by molar-refractivity contribution is 6.37. The maximum atomic E-state index is 12.2. The molecular weight excluding hydrogens is 404 g/mol. The summed E-state index contributed by atoms with van der Waals surface area (Å²) in [6.07, 6.45) is -3.21. The van der Waals surface area contributed by atoms with E-state index in [9.17, 15) is 18.3 Å². The van der Waals surface area contributed by atoms with Crippen LogP contribution in [-0.4, -0.2) is 30.1 Å². The van der Waals surface area contributed by atoms with Crippen molar-refractivity contribution in [2.45, 2.75) is 45.1 Å². The molecule has 3 nitrogen and oxygen atoms in total. The number of phenols is 1. The molecule has 0 radical (unpaired) electrons. The van der Waals surface area contributed by atoms with Crippen molar-refractivity contribution < 1.29 is 27.8 Å². The molecule has 0 saturated carbocycles. The minimum absolute atomic E-state index is 0.0670. The Labute approximate surface area is 159 Å². The second-order valence-corrected chi connectivity index (χ2v) is 6.66. The predicted molar refractivity (Wildman–Crippen MR) is 92.9 cm³/mol. The number of aromatic hydroxyl groups is 1. The molecule has 1 aromatic rings. The van der Waals surface area contributed by atoms with Crippen LogP contribution in [0.5, 0.6) is 11.5 Å². The van der Waals surface area contributed by atoms with Crippen LogP contribution < -0.4 is 4.74 Å². The highest BCUT2D eigenvalue weighted by Crippen LogP contribution is 2.37. The molecule has 2 unspecified atom stereocenters. The first-order valence-electron chi connectivity index (χ1n) is 7.39. The van der Waals surface area contributed by atoms with Crippen molar-refractivity contribution in [1.82, 2.24) is 0 Å². The van der Waals surface area contributed by atoms with Gasteiger partial charge in [-0.2, -0.15) is 13.2 Å². The molecule has 0 spiro atoms. The van der Waals surface area contributed by atoms with Crippen LogP contribution in [0.1, 0.15) is 26.7 Å². The molecule has 1 rings (SSSR count). The van der Waals surface area contributed by atoms with Gasteiger partial charge in [0.15, 0.2) is 5.75 Å². The summed E-state index contributed by atoms with van der Waals surface area (Å²) >= 11 is 17.0. The van der Waals surface area contributed by atoms with Crippen molar-refractivity contribution in [2.75, 3.05) is 6.61 Å². The summed E-state index contributed by atoms with van der Waals surface area (Å²) in [5, 5.41) is 8.55. The molecule has 0 aliphatic heterocycles. The molecule has 0 fully saturated rings. The van der Waals surface area contributed by atoms with Crippen LogP contribution in [-0.2, 0) is 4.74 Å². The van der Waals surface area contributed by atoms with Crippen LogP contribution in [0.2, 0.25) is 10.0 Å². The van der Waals surface area contributed by atoms with Crippen LogP contribution in [0, 0.1) is 0 Å². The number of halogens is 6. The number of ether oxygens (including phenoxy) is 2. The van der Waals surface area contributed by atoms with E-state index in [-0.39, 0.29) is 40.4 Å². The minimum Gasteiger partial charge on any atom is -0.508 e. The Morgan fingerprint density at radius 1 is 1.16 bits per heavy atom. The fraction of sp³-hybridized carbons (Fsp3) is 0.500. The second kappa shape index (κ2) is 9.76. The number of allylic oxidation sites excluding steroid dienone is 1. The van der Waals surface area contributed by atoms with Gasteiger partial charge in [-0.3, -0.25) is 0 Å². The van der Waals surface area contributed by atoms with Crippen molar-refractivity contribution in [3.8, 4) is 11.5 Å².